The van der Waals surface area contributed by atoms with Crippen molar-refractivity contribution in [3.05, 3.63) is 0 Å². The molecule has 0 aliphatic carbocycles. The number of aliphatic hydroxyl groups excluding tert-OH is 1. The number of nitrogens with one attached hydrogen (secondary N) is 1. The number of rotatable bonds is 8. The first-order valence-corrected chi connectivity index (χ1v) is 6.25. The first-order valence-electron chi connectivity index (χ1n) is 5.10. The summed E-state index contributed by atoms with van der Waals surface area (Å²) in [5.41, 5.74) is 0. The Kier molecular flexibility index (Phi) is 9.03. The fourth-order valence-corrected chi connectivity index (χ4v) is 2.21. The molecule has 0 saturated heterocycles. The molecule has 0 spiro atoms. The van der Waals surface area contributed by atoms with Gasteiger partial charge in [0.1, 0.15) is 0 Å². The number of hydrogen-bond donors (Lipinski definition) is 2. The molecule has 0 aromatic rings. The van der Waals surface area contributed by atoms with Crippen LogP contribution in [0.3, 0.4) is 0 Å². The quantitative estimate of drug-likeness (QED) is 0.592. The summed E-state index contributed by atoms with van der Waals surface area (Å²) in [7, 11) is 1.90. The van der Waals surface area contributed by atoms with Crippen LogP contribution in [0.25, 0.3) is 0 Å². The van der Waals surface area contributed by atoms with Crippen LogP contribution in [-0.4, -0.2) is 36.3 Å². The second kappa shape index (κ2) is 8.85. The molecule has 0 heterocycles. The van der Waals surface area contributed by atoms with Gasteiger partial charge in [-0.15, -0.1) is 0 Å². The Morgan fingerprint density at radius 1 is 1.46 bits per heavy atom. The monoisotopic (exact) mass is 205 g/mol. The van der Waals surface area contributed by atoms with Gasteiger partial charge in [-0.05, 0) is 30.9 Å². The number of thioether (sulfide) groups is 1. The molecule has 0 aliphatic heterocycles. The minimum Gasteiger partial charge on any atom is -0.395 e. The zero-order valence-electron chi connectivity index (χ0n) is 9.05. The van der Waals surface area contributed by atoms with Crippen molar-refractivity contribution in [3.63, 3.8) is 0 Å². The molecule has 0 saturated carbocycles. The predicted octanol–water partition coefficient (Wildman–Crippen LogP) is 1.74. The van der Waals surface area contributed by atoms with Crippen molar-refractivity contribution in [1.29, 1.82) is 0 Å². The first kappa shape index (κ1) is 13.3. The number of likely N-dealkylation sites (N-methyl/N-ethyl adjacent to an activating group) is 1. The van der Waals surface area contributed by atoms with E-state index in [2.05, 4.69) is 19.2 Å². The van der Waals surface area contributed by atoms with Gasteiger partial charge >= 0.3 is 0 Å². The summed E-state index contributed by atoms with van der Waals surface area (Å²) < 4.78 is 0. The average Bonchev–Trinajstić information content (AvgIpc) is 2.18. The molecule has 0 aliphatic rings. The van der Waals surface area contributed by atoms with E-state index in [4.69, 9.17) is 5.11 Å². The van der Waals surface area contributed by atoms with Crippen molar-refractivity contribution >= 4 is 11.8 Å². The number of hydrogen-bond acceptors (Lipinski definition) is 3. The second-order valence-electron chi connectivity index (χ2n) is 3.55. The Balaban J connectivity index is 3.23. The van der Waals surface area contributed by atoms with E-state index in [1.165, 1.54) is 12.2 Å². The van der Waals surface area contributed by atoms with E-state index in [9.17, 15) is 0 Å². The lowest BCUT2D eigenvalue weighted by Gasteiger charge is -2.13. The molecule has 13 heavy (non-hydrogen) atoms. The van der Waals surface area contributed by atoms with Gasteiger partial charge in [-0.25, -0.2) is 0 Å². The molecular weight excluding hydrogens is 182 g/mol. The third kappa shape index (κ3) is 7.35. The average molecular weight is 205 g/mol. The van der Waals surface area contributed by atoms with Gasteiger partial charge in [-0.1, -0.05) is 20.3 Å². The number of aliphatic hydroxyl groups is 1. The van der Waals surface area contributed by atoms with E-state index in [1.54, 1.807) is 0 Å². The molecule has 0 radical (unpaired) electrons. The predicted molar refractivity (Wildman–Crippen MR) is 61.3 cm³/mol. The van der Waals surface area contributed by atoms with Gasteiger partial charge < -0.3 is 10.4 Å². The van der Waals surface area contributed by atoms with E-state index in [-0.39, 0.29) is 12.6 Å². The summed E-state index contributed by atoms with van der Waals surface area (Å²) in [5.74, 6) is 3.22. The van der Waals surface area contributed by atoms with Crippen LogP contribution in [-0.2, 0) is 0 Å². The molecule has 0 fully saturated rings. The highest BCUT2D eigenvalue weighted by Crippen LogP contribution is 2.12. The van der Waals surface area contributed by atoms with Crippen molar-refractivity contribution in [2.75, 3.05) is 25.2 Å². The van der Waals surface area contributed by atoms with Crippen molar-refractivity contribution in [3.8, 4) is 0 Å². The van der Waals surface area contributed by atoms with Crippen LogP contribution in [0.15, 0.2) is 0 Å². The lowest BCUT2D eigenvalue weighted by atomic mass is 10.2. The van der Waals surface area contributed by atoms with Gasteiger partial charge in [0.05, 0.1) is 6.61 Å². The smallest absolute Gasteiger partial charge is 0.0584 e. The Morgan fingerprint density at radius 2 is 2.15 bits per heavy atom. The summed E-state index contributed by atoms with van der Waals surface area (Å²) in [6.07, 6.45) is 2.33. The summed E-state index contributed by atoms with van der Waals surface area (Å²) >= 11 is 1.99. The van der Waals surface area contributed by atoms with Crippen LogP contribution in [0.4, 0.5) is 0 Å². The van der Waals surface area contributed by atoms with Crippen LogP contribution in [0.5, 0.6) is 0 Å². The lowest BCUT2D eigenvalue weighted by molar-refractivity contribution is 0.246. The molecule has 2 atom stereocenters. The molecule has 0 aromatic carbocycles. The lowest BCUT2D eigenvalue weighted by Crippen LogP contribution is -2.29. The Bertz CT molecular complexity index is 107. The highest BCUT2D eigenvalue weighted by molar-refractivity contribution is 7.99. The summed E-state index contributed by atoms with van der Waals surface area (Å²) in [6.45, 7) is 4.77. The SMILES string of the molecule is CCC(C)CSCCC(CO)NC. The van der Waals surface area contributed by atoms with Crippen molar-refractivity contribution < 1.29 is 5.11 Å². The fraction of sp³-hybridized carbons (Fsp3) is 1.00. The van der Waals surface area contributed by atoms with Crippen molar-refractivity contribution in [1.82, 2.24) is 5.32 Å². The minimum atomic E-state index is 0.250. The molecule has 0 amide bonds. The molecule has 0 rings (SSSR count). The topological polar surface area (TPSA) is 32.3 Å². The second-order valence-corrected chi connectivity index (χ2v) is 4.70. The molecular formula is C10H23NOS. The first-order chi connectivity index (χ1) is 6.24. The maximum absolute atomic E-state index is 8.91. The molecule has 0 bridgehead atoms. The van der Waals surface area contributed by atoms with Crippen LogP contribution >= 0.6 is 11.8 Å². The van der Waals surface area contributed by atoms with Crippen LogP contribution in [0.1, 0.15) is 26.7 Å². The Hall–Kier alpha value is 0.270. The van der Waals surface area contributed by atoms with Crippen LogP contribution < -0.4 is 5.32 Å². The van der Waals surface area contributed by atoms with E-state index < -0.39 is 0 Å². The van der Waals surface area contributed by atoms with Gasteiger partial charge in [-0.3, -0.25) is 0 Å². The third-order valence-corrected chi connectivity index (χ3v) is 3.67. The third-order valence-electron chi connectivity index (χ3n) is 2.34. The zero-order chi connectivity index (χ0) is 10.1. The maximum atomic E-state index is 8.91. The molecule has 2 unspecified atom stereocenters. The maximum Gasteiger partial charge on any atom is 0.0584 e. The van der Waals surface area contributed by atoms with Crippen LogP contribution in [0.2, 0.25) is 0 Å². The van der Waals surface area contributed by atoms with Gasteiger partial charge in [0.15, 0.2) is 0 Å². The summed E-state index contributed by atoms with van der Waals surface area (Å²) in [6, 6.07) is 0.282. The van der Waals surface area contributed by atoms with Gasteiger partial charge in [-0.2, -0.15) is 11.8 Å². The van der Waals surface area contributed by atoms with E-state index >= 15 is 0 Å². The largest absolute Gasteiger partial charge is 0.395 e. The highest BCUT2D eigenvalue weighted by atomic mass is 32.2. The van der Waals surface area contributed by atoms with E-state index in [1.807, 2.05) is 18.8 Å². The molecule has 2 N–H and O–H groups in total. The summed E-state index contributed by atoms with van der Waals surface area (Å²) in [4.78, 5) is 0. The molecule has 2 nitrogen and oxygen atoms in total. The van der Waals surface area contributed by atoms with Gasteiger partial charge in [0, 0.05) is 6.04 Å². The van der Waals surface area contributed by atoms with Crippen molar-refractivity contribution in [2.24, 2.45) is 5.92 Å². The molecule has 0 aromatic heterocycles. The van der Waals surface area contributed by atoms with E-state index in [0.29, 0.717) is 0 Å². The van der Waals surface area contributed by atoms with E-state index in [0.717, 1.165) is 18.1 Å². The highest BCUT2D eigenvalue weighted by Gasteiger charge is 2.04. The molecule has 80 valence electrons. The van der Waals surface area contributed by atoms with Gasteiger partial charge in [0.25, 0.3) is 0 Å². The van der Waals surface area contributed by atoms with Crippen LogP contribution in [0, 0.1) is 5.92 Å². The molecule has 3 heteroatoms. The minimum absolute atomic E-state index is 0.250. The fourth-order valence-electron chi connectivity index (χ4n) is 0.955. The Morgan fingerprint density at radius 3 is 2.62 bits per heavy atom. The summed E-state index contributed by atoms with van der Waals surface area (Å²) in [5, 5.41) is 12.0. The zero-order valence-corrected chi connectivity index (χ0v) is 9.86. The Labute approximate surface area is 86.5 Å². The van der Waals surface area contributed by atoms with Gasteiger partial charge in [0.2, 0.25) is 0 Å². The van der Waals surface area contributed by atoms with Crippen molar-refractivity contribution in [2.45, 2.75) is 32.7 Å². The normalized spacial score (nSPS) is 15.7. The standard InChI is InChI=1S/C10H23NOS/c1-4-9(2)8-13-6-5-10(7-12)11-3/h9-12H,4-8H2,1-3H3.